The van der Waals surface area contributed by atoms with Gasteiger partial charge in [0, 0.05) is 63.2 Å². The van der Waals surface area contributed by atoms with Crippen LogP contribution < -0.4 is 9.47 Å². The number of hydrogen-bond acceptors (Lipinski definition) is 8. The van der Waals surface area contributed by atoms with Crippen LogP contribution in [0.25, 0.3) is 0 Å². The first-order valence-electron chi connectivity index (χ1n) is 16.4. The summed E-state index contributed by atoms with van der Waals surface area (Å²) in [6, 6.07) is 22.1. The highest BCUT2D eigenvalue weighted by atomic mass is 16.5. The second-order valence-electron chi connectivity index (χ2n) is 13.3. The van der Waals surface area contributed by atoms with Crippen molar-refractivity contribution in [2.24, 2.45) is 0 Å². The summed E-state index contributed by atoms with van der Waals surface area (Å²) in [5.74, 6) is 2.81. The molecule has 3 aliphatic rings. The lowest BCUT2D eigenvalue weighted by Crippen LogP contribution is -2.67. The van der Waals surface area contributed by atoms with E-state index in [0.29, 0.717) is 37.3 Å². The monoisotopic (exact) mass is 612 g/mol. The Morgan fingerprint density at radius 3 is 2.13 bits per heavy atom. The maximum absolute atomic E-state index is 13.2. The number of aromatic nitrogens is 2. The summed E-state index contributed by atoms with van der Waals surface area (Å²) in [4.78, 5) is 32.2. The van der Waals surface area contributed by atoms with Gasteiger partial charge in [-0.1, -0.05) is 60.7 Å². The molecule has 1 amide bonds. The number of likely N-dealkylation sites (N-methyl/N-ethyl adjacent to an activating group) is 1. The Morgan fingerprint density at radius 1 is 0.911 bits per heavy atom. The van der Waals surface area contributed by atoms with E-state index in [1.165, 1.54) is 11.1 Å². The molecule has 3 aromatic rings. The summed E-state index contributed by atoms with van der Waals surface area (Å²) < 4.78 is 12.2. The van der Waals surface area contributed by atoms with Crippen molar-refractivity contribution >= 4 is 5.91 Å². The Balaban J connectivity index is 1.37. The summed E-state index contributed by atoms with van der Waals surface area (Å²) in [5.41, 5.74) is 3.51. The predicted molar refractivity (Wildman–Crippen MR) is 176 cm³/mol. The maximum atomic E-state index is 13.2. The van der Waals surface area contributed by atoms with Crippen LogP contribution in [0.3, 0.4) is 0 Å². The van der Waals surface area contributed by atoms with E-state index in [1.807, 2.05) is 32.8 Å². The van der Waals surface area contributed by atoms with E-state index in [2.05, 4.69) is 75.4 Å². The molecular formula is C36H48N6O3. The maximum Gasteiger partial charge on any atom is 0.236 e. The van der Waals surface area contributed by atoms with E-state index in [0.717, 1.165) is 50.4 Å². The van der Waals surface area contributed by atoms with E-state index >= 15 is 0 Å². The van der Waals surface area contributed by atoms with Gasteiger partial charge in [-0.05, 0) is 51.9 Å². The van der Waals surface area contributed by atoms with Crippen LogP contribution in [0.1, 0.15) is 61.0 Å². The van der Waals surface area contributed by atoms with E-state index in [-0.39, 0.29) is 30.0 Å². The first kappa shape index (κ1) is 31.5. The Bertz CT molecular complexity index is 1390. The lowest BCUT2D eigenvalue weighted by Gasteiger charge is -2.53. The fourth-order valence-corrected chi connectivity index (χ4v) is 7.02. The molecule has 0 radical (unpaired) electrons. The van der Waals surface area contributed by atoms with Crippen LogP contribution in [0.4, 0.5) is 0 Å². The second kappa shape index (κ2) is 13.8. The number of hydrogen-bond donors (Lipinski definition) is 0. The van der Waals surface area contributed by atoms with Crippen molar-refractivity contribution in [3.05, 3.63) is 83.2 Å². The van der Waals surface area contributed by atoms with Gasteiger partial charge in [-0.3, -0.25) is 14.6 Å². The van der Waals surface area contributed by atoms with Crippen molar-refractivity contribution in [3.8, 4) is 11.8 Å². The summed E-state index contributed by atoms with van der Waals surface area (Å²) >= 11 is 0. The Labute approximate surface area is 268 Å². The van der Waals surface area contributed by atoms with Crippen molar-refractivity contribution in [2.75, 3.05) is 60.5 Å². The topological polar surface area (TPSA) is 74.3 Å². The van der Waals surface area contributed by atoms with Crippen molar-refractivity contribution in [1.82, 2.24) is 29.6 Å². The first-order chi connectivity index (χ1) is 21.8. The van der Waals surface area contributed by atoms with Gasteiger partial charge < -0.3 is 19.3 Å². The fourth-order valence-electron chi connectivity index (χ4n) is 7.02. The predicted octanol–water partition coefficient (Wildman–Crippen LogP) is 4.24. The second-order valence-corrected chi connectivity index (χ2v) is 13.3. The number of carbonyl (C=O) groups excluding carboxylic acids is 1. The molecule has 3 fully saturated rings. The van der Waals surface area contributed by atoms with Crippen LogP contribution in [-0.2, 0) is 11.3 Å². The molecule has 1 aromatic heterocycles. The van der Waals surface area contributed by atoms with Gasteiger partial charge in [-0.25, -0.2) is 0 Å². The van der Waals surface area contributed by atoms with Gasteiger partial charge in [0.2, 0.25) is 17.7 Å². The quantitative estimate of drug-likeness (QED) is 0.319. The van der Waals surface area contributed by atoms with Crippen molar-refractivity contribution in [1.29, 1.82) is 0 Å². The molecule has 9 nitrogen and oxygen atoms in total. The highest BCUT2D eigenvalue weighted by Gasteiger charge is 2.43. The molecule has 0 unspecified atom stereocenters. The van der Waals surface area contributed by atoms with Gasteiger partial charge in [0.05, 0.1) is 25.3 Å². The SMILES string of the molecule is COc1nc(C2CC2)nc(OC(C)C)c1CN1C[C@@H]2CN(C(=O)CN(C)C)CCN2[C@H](C(c2ccccc2)c2ccccc2)C1. The number of rotatable bonds is 11. The minimum atomic E-state index is -0.0184. The third-order valence-corrected chi connectivity index (χ3v) is 9.19. The molecule has 1 saturated carbocycles. The Kier molecular flexibility index (Phi) is 9.68. The highest BCUT2D eigenvalue weighted by molar-refractivity contribution is 5.78. The smallest absolute Gasteiger partial charge is 0.236 e. The summed E-state index contributed by atoms with van der Waals surface area (Å²) in [5, 5.41) is 0. The first-order valence-corrected chi connectivity index (χ1v) is 16.4. The molecule has 9 heteroatoms. The molecule has 0 bridgehead atoms. The van der Waals surface area contributed by atoms with Crippen LogP contribution in [0.15, 0.2) is 60.7 Å². The van der Waals surface area contributed by atoms with Crippen LogP contribution in [0.2, 0.25) is 0 Å². The van der Waals surface area contributed by atoms with Crippen LogP contribution >= 0.6 is 0 Å². The number of fused-ring (bicyclic) bond motifs is 1. The van der Waals surface area contributed by atoms with Crippen LogP contribution in [0, 0.1) is 0 Å². The van der Waals surface area contributed by atoms with Gasteiger partial charge in [-0.2, -0.15) is 9.97 Å². The van der Waals surface area contributed by atoms with Gasteiger partial charge in [-0.15, -0.1) is 0 Å². The average Bonchev–Trinajstić information content (AvgIpc) is 3.88. The largest absolute Gasteiger partial charge is 0.481 e. The molecule has 2 aliphatic heterocycles. The molecule has 2 aromatic carbocycles. The van der Waals surface area contributed by atoms with Gasteiger partial charge in [0.15, 0.2) is 0 Å². The van der Waals surface area contributed by atoms with E-state index < -0.39 is 0 Å². The number of piperazine rings is 2. The Hall–Kier alpha value is -3.53. The van der Waals surface area contributed by atoms with E-state index in [1.54, 1.807) is 7.11 Å². The number of ether oxygens (including phenoxy) is 2. The van der Waals surface area contributed by atoms with Gasteiger partial charge >= 0.3 is 0 Å². The normalized spacial score (nSPS) is 20.9. The van der Waals surface area contributed by atoms with E-state index in [9.17, 15) is 4.79 Å². The summed E-state index contributed by atoms with van der Waals surface area (Å²) in [6.07, 6.45) is 2.20. The van der Waals surface area contributed by atoms with Crippen LogP contribution in [-0.4, -0.2) is 114 Å². The molecule has 0 N–H and O–H groups in total. The zero-order valence-electron chi connectivity index (χ0n) is 27.4. The number of amides is 1. The molecular weight excluding hydrogens is 564 g/mol. The number of benzene rings is 2. The molecule has 2 saturated heterocycles. The molecule has 0 spiro atoms. The number of carbonyl (C=O) groups is 1. The molecule has 3 heterocycles. The molecule has 240 valence electrons. The van der Waals surface area contributed by atoms with Gasteiger partial charge in [0.1, 0.15) is 5.82 Å². The van der Waals surface area contributed by atoms with Gasteiger partial charge in [0.25, 0.3) is 0 Å². The lowest BCUT2D eigenvalue weighted by molar-refractivity contribution is -0.137. The third kappa shape index (κ3) is 7.32. The standard InChI is InChI=1S/C36H48N6O3/c1-25(2)45-36-30(35(44-5)37-34(38-36)28-16-17-28)22-40-20-29-21-41(32(43)24-39(3)4)18-19-42(29)31(23-40)33(26-12-8-6-9-13-26)27-14-10-7-11-15-27/h6-15,25,28-29,31,33H,16-24H2,1-5H3/t29-,31+/m1/s1. The fraction of sp³-hybridized carbons (Fsp3) is 0.528. The number of methoxy groups -OCH3 is 1. The van der Waals surface area contributed by atoms with Crippen LogP contribution in [0.5, 0.6) is 11.8 Å². The van der Waals surface area contributed by atoms with E-state index in [4.69, 9.17) is 19.4 Å². The summed E-state index contributed by atoms with van der Waals surface area (Å²) in [7, 11) is 5.61. The minimum absolute atomic E-state index is 0.0184. The molecule has 6 rings (SSSR count). The van der Waals surface area contributed by atoms with Crippen molar-refractivity contribution in [3.63, 3.8) is 0 Å². The van der Waals surface area contributed by atoms with Crippen molar-refractivity contribution < 1.29 is 14.3 Å². The highest BCUT2D eigenvalue weighted by Crippen LogP contribution is 2.42. The summed E-state index contributed by atoms with van der Waals surface area (Å²) in [6.45, 7) is 9.09. The number of nitrogens with zero attached hydrogens (tertiary/aromatic N) is 6. The molecule has 1 aliphatic carbocycles. The molecule has 2 atom stereocenters. The Morgan fingerprint density at radius 2 is 1.56 bits per heavy atom. The zero-order valence-corrected chi connectivity index (χ0v) is 27.4. The average molecular weight is 613 g/mol. The third-order valence-electron chi connectivity index (χ3n) is 9.19. The minimum Gasteiger partial charge on any atom is -0.481 e. The lowest BCUT2D eigenvalue weighted by atomic mass is 9.81. The zero-order chi connectivity index (χ0) is 31.5. The molecule has 45 heavy (non-hydrogen) atoms. The van der Waals surface area contributed by atoms with Crippen molar-refractivity contribution in [2.45, 2.75) is 63.3 Å².